The van der Waals surface area contributed by atoms with Crippen molar-refractivity contribution in [2.24, 2.45) is 16.7 Å². The van der Waals surface area contributed by atoms with Gasteiger partial charge in [-0.2, -0.15) is 0 Å². The van der Waals surface area contributed by atoms with Crippen molar-refractivity contribution in [1.82, 2.24) is 0 Å². The molecule has 2 aliphatic heterocycles. The summed E-state index contributed by atoms with van der Waals surface area (Å²) in [6.45, 7) is 10.7. The van der Waals surface area contributed by atoms with Gasteiger partial charge in [-0.25, -0.2) is 0 Å². The predicted molar refractivity (Wildman–Crippen MR) is 103 cm³/mol. The smallest absolute Gasteiger partial charge is 0.316 e. The van der Waals surface area contributed by atoms with Crippen LogP contribution >= 0.6 is 23.5 Å². The van der Waals surface area contributed by atoms with Gasteiger partial charge in [0.2, 0.25) is 0 Å². The minimum absolute atomic E-state index is 0.00919. The van der Waals surface area contributed by atoms with Crippen molar-refractivity contribution in [3.63, 3.8) is 0 Å². The monoisotopic (exact) mass is 364 g/mol. The third kappa shape index (κ3) is 2.14. The van der Waals surface area contributed by atoms with Crippen LogP contribution in [0.25, 0.3) is 0 Å². The highest BCUT2D eigenvalue weighted by Gasteiger charge is 2.61. The summed E-state index contributed by atoms with van der Waals surface area (Å²) in [5, 5.41) is 0. The quantitative estimate of drug-likeness (QED) is 0.497. The standard InChI is InChI=1S/C20H28O2S2/c1-5-18(3)12-15(22-17(18)21)19(4)13(2)6-7-14-8-9-20(16(14)19)23-10-11-24-20/h5,13,15H,1,6-12H2,2-4H3/t13?,15-,18-,19?/m1/s1. The van der Waals surface area contributed by atoms with Gasteiger partial charge < -0.3 is 4.74 Å². The zero-order chi connectivity index (χ0) is 17.2. The second-order valence-corrected chi connectivity index (χ2v) is 11.4. The van der Waals surface area contributed by atoms with Crippen LogP contribution < -0.4 is 0 Å². The molecule has 0 N–H and O–H groups in total. The molecule has 24 heavy (non-hydrogen) atoms. The van der Waals surface area contributed by atoms with E-state index < -0.39 is 5.41 Å². The Labute approximate surface area is 154 Å². The maximum atomic E-state index is 12.5. The average molecular weight is 365 g/mol. The zero-order valence-electron chi connectivity index (χ0n) is 15.0. The fourth-order valence-electron chi connectivity index (χ4n) is 5.31. The minimum atomic E-state index is -0.521. The Hall–Kier alpha value is -0.350. The van der Waals surface area contributed by atoms with Crippen LogP contribution in [-0.4, -0.2) is 27.7 Å². The van der Waals surface area contributed by atoms with E-state index in [2.05, 4.69) is 44.0 Å². The maximum Gasteiger partial charge on any atom is 0.316 e. The van der Waals surface area contributed by atoms with Gasteiger partial charge in [-0.15, -0.1) is 30.1 Å². The largest absolute Gasteiger partial charge is 0.461 e. The molecular weight excluding hydrogens is 336 g/mol. The lowest BCUT2D eigenvalue weighted by atomic mass is 9.60. The van der Waals surface area contributed by atoms with Crippen molar-refractivity contribution in [3.8, 4) is 0 Å². The topological polar surface area (TPSA) is 26.3 Å². The van der Waals surface area contributed by atoms with Crippen molar-refractivity contribution in [1.29, 1.82) is 0 Å². The van der Waals surface area contributed by atoms with Gasteiger partial charge in [-0.3, -0.25) is 4.79 Å². The predicted octanol–water partition coefficient (Wildman–Crippen LogP) is 5.20. The maximum absolute atomic E-state index is 12.5. The number of fused-ring (bicyclic) bond motifs is 1. The lowest BCUT2D eigenvalue weighted by molar-refractivity contribution is -0.150. The molecule has 0 aromatic carbocycles. The first kappa shape index (κ1) is 17.1. The Morgan fingerprint density at radius 3 is 2.58 bits per heavy atom. The van der Waals surface area contributed by atoms with E-state index in [1.54, 1.807) is 17.2 Å². The van der Waals surface area contributed by atoms with E-state index in [9.17, 15) is 4.79 Å². The Bertz CT molecular complexity index is 619. The molecule has 0 amide bonds. The summed E-state index contributed by atoms with van der Waals surface area (Å²) in [7, 11) is 0. The SMILES string of the molecule is C=C[C@]1(C)C[C@H](C2(C)C3=C(CCC2C)CCC32SCCS2)OC1=O. The van der Waals surface area contributed by atoms with Gasteiger partial charge in [0.05, 0.1) is 9.49 Å². The molecule has 1 spiro atoms. The first-order valence-electron chi connectivity index (χ1n) is 9.21. The van der Waals surface area contributed by atoms with Crippen LogP contribution in [-0.2, 0) is 9.53 Å². The van der Waals surface area contributed by atoms with E-state index in [1.165, 1.54) is 37.2 Å². The molecule has 0 saturated carbocycles. The first-order valence-corrected chi connectivity index (χ1v) is 11.2. The zero-order valence-corrected chi connectivity index (χ0v) is 16.7. The summed E-state index contributed by atoms with van der Waals surface area (Å²) in [5.74, 6) is 2.97. The highest BCUT2D eigenvalue weighted by Crippen LogP contribution is 2.67. The number of allylic oxidation sites excluding steroid dienone is 1. The second kappa shape index (κ2) is 5.57. The van der Waals surface area contributed by atoms with E-state index >= 15 is 0 Å². The van der Waals surface area contributed by atoms with E-state index in [0.29, 0.717) is 5.92 Å². The van der Waals surface area contributed by atoms with Crippen LogP contribution in [0.2, 0.25) is 0 Å². The van der Waals surface area contributed by atoms with Crippen LogP contribution in [0.15, 0.2) is 23.8 Å². The van der Waals surface area contributed by atoms with Gasteiger partial charge in [0.15, 0.2) is 0 Å². The van der Waals surface area contributed by atoms with Gasteiger partial charge in [-0.1, -0.05) is 25.5 Å². The molecule has 0 aromatic heterocycles. The number of ether oxygens (including phenoxy) is 1. The molecule has 132 valence electrons. The number of hydrogen-bond donors (Lipinski definition) is 0. The van der Waals surface area contributed by atoms with Crippen molar-refractivity contribution >= 4 is 29.5 Å². The molecule has 2 aliphatic carbocycles. The van der Waals surface area contributed by atoms with E-state index in [4.69, 9.17) is 4.74 Å². The summed E-state index contributed by atoms with van der Waals surface area (Å²) in [4.78, 5) is 12.5. The number of rotatable bonds is 2. The molecule has 0 radical (unpaired) electrons. The van der Waals surface area contributed by atoms with E-state index in [-0.39, 0.29) is 21.6 Å². The normalized spacial score (nSPS) is 44.0. The second-order valence-electron chi connectivity index (χ2n) is 8.37. The average Bonchev–Trinajstić information content (AvgIpc) is 3.25. The third-order valence-corrected chi connectivity index (χ3v) is 10.7. The van der Waals surface area contributed by atoms with Crippen LogP contribution in [0.4, 0.5) is 0 Å². The summed E-state index contributed by atoms with van der Waals surface area (Å²) in [5.41, 5.74) is 2.80. The van der Waals surface area contributed by atoms with Crippen LogP contribution in [0.1, 0.15) is 52.9 Å². The molecule has 2 unspecified atom stereocenters. The summed E-state index contributed by atoms with van der Waals surface area (Å²) >= 11 is 4.30. The van der Waals surface area contributed by atoms with E-state index in [0.717, 1.165) is 6.42 Å². The number of carbonyl (C=O) groups excluding carboxylic acids is 1. The summed E-state index contributed by atoms with van der Waals surface area (Å²) < 4.78 is 6.29. The fraction of sp³-hybridized carbons (Fsp3) is 0.750. The van der Waals surface area contributed by atoms with Crippen LogP contribution in [0.5, 0.6) is 0 Å². The highest BCUT2D eigenvalue weighted by molar-refractivity contribution is 8.21. The Morgan fingerprint density at radius 1 is 1.25 bits per heavy atom. The fourth-order valence-corrected chi connectivity index (χ4v) is 8.98. The Morgan fingerprint density at radius 2 is 1.96 bits per heavy atom. The molecule has 2 heterocycles. The van der Waals surface area contributed by atoms with Gasteiger partial charge in [0.1, 0.15) is 6.10 Å². The third-order valence-electron chi connectivity index (χ3n) is 7.13. The van der Waals surface area contributed by atoms with Gasteiger partial charge in [0.25, 0.3) is 0 Å². The van der Waals surface area contributed by atoms with Crippen molar-refractivity contribution in [3.05, 3.63) is 23.8 Å². The Kier molecular flexibility index (Phi) is 3.97. The minimum Gasteiger partial charge on any atom is -0.461 e. The lowest BCUT2D eigenvalue weighted by Gasteiger charge is -2.49. The number of esters is 1. The summed E-state index contributed by atoms with van der Waals surface area (Å²) in [6, 6.07) is 0. The molecule has 2 nitrogen and oxygen atoms in total. The van der Waals surface area contributed by atoms with Gasteiger partial charge in [0, 0.05) is 23.3 Å². The van der Waals surface area contributed by atoms with Gasteiger partial charge >= 0.3 is 5.97 Å². The van der Waals surface area contributed by atoms with E-state index in [1.807, 2.05) is 6.92 Å². The first-order chi connectivity index (χ1) is 11.4. The number of hydrogen-bond acceptors (Lipinski definition) is 4. The molecule has 4 heteroatoms. The number of cyclic esters (lactones) is 1. The van der Waals surface area contributed by atoms with Crippen LogP contribution in [0, 0.1) is 16.7 Å². The molecule has 0 bridgehead atoms. The lowest BCUT2D eigenvalue weighted by Crippen LogP contribution is -2.46. The van der Waals surface area contributed by atoms with Crippen molar-refractivity contribution in [2.45, 2.75) is 63.1 Å². The molecule has 4 atom stereocenters. The molecule has 4 aliphatic rings. The van der Waals surface area contributed by atoms with Gasteiger partial charge in [-0.05, 0) is 44.1 Å². The number of thioether (sulfide) groups is 2. The highest BCUT2D eigenvalue weighted by atomic mass is 32.2. The Balaban J connectivity index is 1.78. The molecule has 0 aromatic rings. The van der Waals surface area contributed by atoms with Crippen molar-refractivity contribution < 1.29 is 9.53 Å². The number of carbonyl (C=O) groups is 1. The van der Waals surface area contributed by atoms with Crippen molar-refractivity contribution in [2.75, 3.05) is 11.5 Å². The summed E-state index contributed by atoms with van der Waals surface area (Å²) in [6.07, 6.45) is 7.55. The molecule has 2 fully saturated rings. The molecule has 4 rings (SSSR count). The van der Waals surface area contributed by atoms with Crippen LogP contribution in [0.3, 0.4) is 0 Å². The molecule has 2 saturated heterocycles. The molecular formula is C20H28O2S2.